The van der Waals surface area contributed by atoms with Crippen molar-refractivity contribution in [3.05, 3.63) is 34.9 Å². The maximum Gasteiger partial charge on any atom is 0.418 e. The number of carbonyl (C=O) groups excluding carboxylic acids is 1. The van der Waals surface area contributed by atoms with Crippen molar-refractivity contribution >= 4 is 5.91 Å². The summed E-state index contributed by atoms with van der Waals surface area (Å²) in [5.74, 6) is 1.14. The number of carbonyl (C=O) groups is 1. The Hall–Kier alpha value is -2.00. The van der Waals surface area contributed by atoms with Crippen LogP contribution in [0.3, 0.4) is 0 Å². The molecule has 0 aliphatic heterocycles. The van der Waals surface area contributed by atoms with Crippen molar-refractivity contribution in [3.8, 4) is 12.3 Å². The van der Waals surface area contributed by atoms with Gasteiger partial charge in [-0.3, -0.25) is 4.79 Å². The summed E-state index contributed by atoms with van der Waals surface area (Å²) >= 11 is 0. The molecule has 1 unspecified atom stereocenters. The SMILES string of the molecule is C#CCC(O)(CC(C)(C)c1cc(C)ccc1C(N)=O)C(F)(F)F. The predicted octanol–water partition coefficient (Wildman–Crippen LogP) is 3.08. The first-order valence-corrected chi connectivity index (χ1v) is 6.97. The normalized spacial score (nSPS) is 14.9. The van der Waals surface area contributed by atoms with Crippen LogP contribution in [0.5, 0.6) is 0 Å². The number of benzene rings is 1. The molecular formula is C17H20F3NO2. The molecule has 1 aromatic carbocycles. The van der Waals surface area contributed by atoms with Crippen LogP contribution in [0.2, 0.25) is 0 Å². The van der Waals surface area contributed by atoms with E-state index in [4.69, 9.17) is 12.2 Å². The van der Waals surface area contributed by atoms with Crippen molar-refractivity contribution in [1.82, 2.24) is 0 Å². The van der Waals surface area contributed by atoms with Gasteiger partial charge in [0.2, 0.25) is 5.91 Å². The maximum atomic E-state index is 13.2. The van der Waals surface area contributed by atoms with Crippen LogP contribution in [0.15, 0.2) is 18.2 Å². The number of aryl methyl sites for hydroxylation is 1. The van der Waals surface area contributed by atoms with E-state index in [2.05, 4.69) is 0 Å². The summed E-state index contributed by atoms with van der Waals surface area (Å²) in [7, 11) is 0. The molecule has 0 saturated heterocycles. The van der Waals surface area contributed by atoms with E-state index in [9.17, 15) is 23.1 Å². The molecule has 23 heavy (non-hydrogen) atoms. The van der Waals surface area contributed by atoms with Crippen LogP contribution in [-0.4, -0.2) is 22.8 Å². The molecule has 0 aliphatic carbocycles. The summed E-state index contributed by atoms with van der Waals surface area (Å²) in [4.78, 5) is 11.6. The average molecular weight is 327 g/mol. The van der Waals surface area contributed by atoms with Gasteiger partial charge >= 0.3 is 6.18 Å². The number of aliphatic hydroxyl groups is 1. The highest BCUT2D eigenvalue weighted by Gasteiger charge is 2.55. The Bertz CT molecular complexity index is 644. The van der Waals surface area contributed by atoms with Gasteiger partial charge in [0.05, 0.1) is 0 Å². The summed E-state index contributed by atoms with van der Waals surface area (Å²) in [6.07, 6.45) is -1.44. The minimum Gasteiger partial charge on any atom is -0.380 e. The molecule has 1 rings (SSSR count). The van der Waals surface area contributed by atoms with Crippen molar-refractivity contribution < 1.29 is 23.1 Å². The first-order valence-electron chi connectivity index (χ1n) is 6.97. The number of hydrogen-bond acceptors (Lipinski definition) is 2. The minimum atomic E-state index is -4.88. The molecule has 3 nitrogen and oxygen atoms in total. The number of amides is 1. The highest BCUT2D eigenvalue weighted by molar-refractivity contribution is 5.94. The van der Waals surface area contributed by atoms with Crippen LogP contribution in [-0.2, 0) is 5.41 Å². The highest BCUT2D eigenvalue weighted by Crippen LogP contribution is 2.43. The van der Waals surface area contributed by atoms with E-state index in [1.54, 1.807) is 19.1 Å². The summed E-state index contributed by atoms with van der Waals surface area (Å²) in [5.41, 5.74) is 2.36. The molecule has 0 bridgehead atoms. The summed E-state index contributed by atoms with van der Waals surface area (Å²) in [6.45, 7) is 4.78. The third-order valence-electron chi connectivity index (χ3n) is 3.83. The van der Waals surface area contributed by atoms with Gasteiger partial charge < -0.3 is 10.8 Å². The molecular weight excluding hydrogens is 307 g/mol. The lowest BCUT2D eigenvalue weighted by molar-refractivity contribution is -0.264. The smallest absolute Gasteiger partial charge is 0.380 e. The molecule has 0 fully saturated rings. The second kappa shape index (κ2) is 6.25. The summed E-state index contributed by atoms with van der Waals surface area (Å²) in [6, 6.07) is 4.73. The molecule has 1 atom stereocenters. The fourth-order valence-corrected chi connectivity index (χ4v) is 2.69. The number of alkyl halides is 3. The maximum absolute atomic E-state index is 13.2. The fraction of sp³-hybridized carbons (Fsp3) is 0.471. The first-order chi connectivity index (χ1) is 10.3. The van der Waals surface area contributed by atoms with Gasteiger partial charge in [-0.25, -0.2) is 0 Å². The average Bonchev–Trinajstić information content (AvgIpc) is 2.36. The van der Waals surface area contributed by atoms with E-state index in [0.29, 0.717) is 5.56 Å². The van der Waals surface area contributed by atoms with Gasteiger partial charge in [-0.05, 0) is 30.4 Å². The van der Waals surface area contributed by atoms with Gasteiger partial charge in [-0.1, -0.05) is 31.5 Å². The number of terminal acetylenes is 1. The number of rotatable bonds is 5. The van der Waals surface area contributed by atoms with Gasteiger partial charge in [0.15, 0.2) is 5.60 Å². The van der Waals surface area contributed by atoms with E-state index < -0.39 is 35.9 Å². The van der Waals surface area contributed by atoms with Crippen LogP contribution < -0.4 is 5.73 Å². The van der Waals surface area contributed by atoms with E-state index >= 15 is 0 Å². The van der Waals surface area contributed by atoms with Crippen LogP contribution in [0.4, 0.5) is 13.2 Å². The Morgan fingerprint density at radius 2 is 1.91 bits per heavy atom. The lowest BCUT2D eigenvalue weighted by Gasteiger charge is -2.37. The Morgan fingerprint density at radius 1 is 1.35 bits per heavy atom. The predicted molar refractivity (Wildman–Crippen MR) is 81.8 cm³/mol. The zero-order valence-electron chi connectivity index (χ0n) is 13.3. The van der Waals surface area contributed by atoms with E-state index in [1.165, 1.54) is 19.9 Å². The van der Waals surface area contributed by atoms with E-state index in [0.717, 1.165) is 5.56 Å². The van der Waals surface area contributed by atoms with Crippen LogP contribution >= 0.6 is 0 Å². The summed E-state index contributed by atoms with van der Waals surface area (Å²) < 4.78 is 39.7. The standard InChI is InChI=1S/C17H20F3NO2/c1-5-8-16(23,17(18,19)20)10-15(3,4)13-9-11(2)6-7-12(13)14(21)22/h1,6-7,9,23H,8,10H2,2-4H3,(H2,21,22). The third-order valence-corrected chi connectivity index (χ3v) is 3.83. The van der Waals surface area contributed by atoms with Gasteiger partial charge in [-0.15, -0.1) is 12.3 Å². The van der Waals surface area contributed by atoms with Crippen LogP contribution in [0.1, 0.15) is 48.2 Å². The Kier molecular flexibility index (Phi) is 5.17. The molecule has 1 aromatic rings. The van der Waals surface area contributed by atoms with E-state index in [-0.39, 0.29) is 5.56 Å². The topological polar surface area (TPSA) is 63.3 Å². The van der Waals surface area contributed by atoms with Crippen molar-refractivity contribution in [2.45, 2.75) is 50.8 Å². The quantitative estimate of drug-likeness (QED) is 0.816. The second-order valence-corrected chi connectivity index (χ2v) is 6.38. The first kappa shape index (κ1) is 19.0. The van der Waals surface area contributed by atoms with Gasteiger partial charge in [0.1, 0.15) is 0 Å². The number of halogens is 3. The molecule has 0 radical (unpaired) electrons. The molecule has 1 amide bonds. The van der Waals surface area contributed by atoms with Gasteiger partial charge in [-0.2, -0.15) is 13.2 Å². The minimum absolute atomic E-state index is 0.130. The Labute approximate surface area is 133 Å². The molecule has 6 heteroatoms. The van der Waals surface area contributed by atoms with Gasteiger partial charge in [0, 0.05) is 12.0 Å². The number of nitrogens with two attached hydrogens (primary N) is 1. The lowest BCUT2D eigenvalue weighted by atomic mass is 9.72. The molecule has 126 valence electrons. The zero-order chi connectivity index (χ0) is 18.1. The molecule has 3 N–H and O–H groups in total. The molecule has 0 aromatic heterocycles. The van der Waals surface area contributed by atoms with Gasteiger partial charge in [0.25, 0.3) is 0 Å². The van der Waals surface area contributed by atoms with Crippen molar-refractivity contribution in [3.63, 3.8) is 0 Å². The summed E-state index contributed by atoms with van der Waals surface area (Å²) in [5, 5.41) is 10.1. The van der Waals surface area contributed by atoms with Crippen LogP contribution in [0, 0.1) is 19.3 Å². The number of primary amides is 1. The number of hydrogen-bond donors (Lipinski definition) is 2. The molecule has 0 heterocycles. The second-order valence-electron chi connectivity index (χ2n) is 6.38. The fourth-order valence-electron chi connectivity index (χ4n) is 2.69. The van der Waals surface area contributed by atoms with Crippen molar-refractivity contribution in [1.29, 1.82) is 0 Å². The monoisotopic (exact) mass is 327 g/mol. The van der Waals surface area contributed by atoms with Crippen molar-refractivity contribution in [2.24, 2.45) is 5.73 Å². The van der Waals surface area contributed by atoms with Crippen LogP contribution in [0.25, 0.3) is 0 Å². The highest BCUT2D eigenvalue weighted by atomic mass is 19.4. The molecule has 0 aliphatic rings. The third kappa shape index (κ3) is 4.05. The Morgan fingerprint density at radius 3 is 2.35 bits per heavy atom. The molecule has 0 saturated carbocycles. The zero-order valence-corrected chi connectivity index (χ0v) is 13.3. The molecule has 0 spiro atoms. The van der Waals surface area contributed by atoms with Crippen molar-refractivity contribution in [2.75, 3.05) is 0 Å². The Balaban J connectivity index is 3.39. The largest absolute Gasteiger partial charge is 0.418 e. The van der Waals surface area contributed by atoms with E-state index in [1.807, 2.05) is 5.92 Å². The lowest BCUT2D eigenvalue weighted by Crippen LogP contribution is -2.49.